The zero-order valence-electron chi connectivity index (χ0n) is 17.0. The number of imidazole rings is 1. The molecule has 2 aliphatic rings. The zero-order valence-corrected chi connectivity index (χ0v) is 17.0. The summed E-state index contributed by atoms with van der Waals surface area (Å²) in [4.78, 5) is 18.4. The number of nitrogens with one attached hydrogen (secondary N) is 1. The normalized spacial score (nSPS) is 25.3. The number of hydrogen-bond acceptors (Lipinski definition) is 2. The van der Waals surface area contributed by atoms with Gasteiger partial charge in [-0.2, -0.15) is 0 Å². The number of likely N-dealkylation sites (tertiary alicyclic amines) is 1. The summed E-state index contributed by atoms with van der Waals surface area (Å²) in [6.07, 6.45) is 11.0. The zero-order chi connectivity index (χ0) is 18.9. The van der Waals surface area contributed by atoms with Crippen molar-refractivity contribution in [1.29, 1.82) is 0 Å². The van der Waals surface area contributed by atoms with Gasteiger partial charge in [-0.25, -0.2) is 4.79 Å². The van der Waals surface area contributed by atoms with E-state index in [9.17, 15) is 4.79 Å². The number of aromatic amines is 1. The van der Waals surface area contributed by atoms with Crippen molar-refractivity contribution in [3.8, 4) is 0 Å². The van der Waals surface area contributed by atoms with Crippen molar-refractivity contribution in [3.63, 3.8) is 0 Å². The maximum absolute atomic E-state index is 12.7. The van der Waals surface area contributed by atoms with Gasteiger partial charge in [-0.05, 0) is 42.7 Å². The van der Waals surface area contributed by atoms with Crippen LogP contribution in [0, 0.1) is 11.3 Å². The fourth-order valence-electron chi connectivity index (χ4n) is 5.56. The second-order valence-corrected chi connectivity index (χ2v) is 9.56. The number of hydrogen-bond donors (Lipinski definition) is 1. The van der Waals surface area contributed by atoms with E-state index in [4.69, 9.17) is 0 Å². The van der Waals surface area contributed by atoms with Crippen molar-refractivity contribution in [2.24, 2.45) is 11.3 Å². The lowest BCUT2D eigenvalue weighted by atomic mass is 9.78. The van der Waals surface area contributed by atoms with Crippen molar-refractivity contribution in [1.82, 2.24) is 14.5 Å². The molecule has 148 valence electrons. The molecule has 4 rings (SSSR count). The Morgan fingerprint density at radius 3 is 2.48 bits per heavy atom. The van der Waals surface area contributed by atoms with Gasteiger partial charge in [0, 0.05) is 25.7 Å². The molecule has 2 aromatic rings. The van der Waals surface area contributed by atoms with Crippen LogP contribution in [0.25, 0.3) is 11.0 Å². The van der Waals surface area contributed by atoms with Gasteiger partial charge in [-0.3, -0.25) is 4.57 Å². The lowest BCUT2D eigenvalue weighted by Gasteiger charge is -2.45. The second-order valence-electron chi connectivity index (χ2n) is 9.56. The van der Waals surface area contributed by atoms with Crippen LogP contribution in [0.1, 0.15) is 71.3 Å². The summed E-state index contributed by atoms with van der Waals surface area (Å²) in [5.41, 5.74) is 2.14. The molecule has 0 radical (unpaired) electrons. The van der Waals surface area contributed by atoms with Crippen LogP contribution in [-0.4, -0.2) is 34.1 Å². The summed E-state index contributed by atoms with van der Waals surface area (Å²) in [5, 5.41) is 0. The Morgan fingerprint density at radius 2 is 1.74 bits per heavy atom. The maximum atomic E-state index is 12.7. The smallest absolute Gasteiger partial charge is 0.306 e. The van der Waals surface area contributed by atoms with Gasteiger partial charge in [0.1, 0.15) is 0 Å². The summed E-state index contributed by atoms with van der Waals surface area (Å²) >= 11 is 0. The number of H-pyrrole nitrogens is 1. The first kappa shape index (κ1) is 18.8. The van der Waals surface area contributed by atoms with Crippen LogP contribution in [0.5, 0.6) is 0 Å². The molecular weight excluding hydrogens is 334 g/mol. The first-order valence-electron chi connectivity index (χ1n) is 11.0. The molecule has 1 N–H and O–H groups in total. The topological polar surface area (TPSA) is 41.0 Å². The van der Waals surface area contributed by atoms with Gasteiger partial charge in [0.15, 0.2) is 0 Å². The van der Waals surface area contributed by atoms with Gasteiger partial charge in [-0.1, -0.05) is 58.1 Å². The molecule has 1 aliphatic carbocycles. The molecule has 1 saturated carbocycles. The van der Waals surface area contributed by atoms with E-state index in [0.717, 1.165) is 36.5 Å². The lowest BCUT2D eigenvalue weighted by Crippen LogP contribution is -2.49. The number of benzene rings is 1. The molecule has 1 aromatic carbocycles. The molecular formula is C23H35N3O. The quantitative estimate of drug-likeness (QED) is 0.830. The maximum Gasteiger partial charge on any atom is 0.326 e. The van der Waals surface area contributed by atoms with E-state index in [-0.39, 0.29) is 17.1 Å². The van der Waals surface area contributed by atoms with E-state index in [0.29, 0.717) is 0 Å². The van der Waals surface area contributed by atoms with E-state index in [1.165, 1.54) is 51.5 Å². The Bertz CT molecular complexity index is 810. The highest BCUT2D eigenvalue weighted by atomic mass is 16.1. The fourth-order valence-corrected chi connectivity index (χ4v) is 5.56. The minimum atomic E-state index is 0.0442. The van der Waals surface area contributed by atoms with Crippen LogP contribution in [-0.2, 0) is 0 Å². The molecule has 0 amide bonds. The Balaban J connectivity index is 1.49. The molecule has 4 heteroatoms. The third kappa shape index (κ3) is 4.01. The third-order valence-corrected chi connectivity index (χ3v) is 6.93. The largest absolute Gasteiger partial charge is 0.326 e. The molecule has 1 unspecified atom stereocenters. The van der Waals surface area contributed by atoms with Crippen LogP contribution in [0.3, 0.4) is 0 Å². The molecule has 1 aliphatic heterocycles. The molecule has 0 spiro atoms. The average Bonchev–Trinajstić information content (AvgIpc) is 2.92. The Morgan fingerprint density at radius 1 is 1.04 bits per heavy atom. The van der Waals surface area contributed by atoms with E-state index >= 15 is 0 Å². The molecule has 1 aromatic heterocycles. The average molecular weight is 370 g/mol. The van der Waals surface area contributed by atoms with Crippen molar-refractivity contribution < 1.29 is 0 Å². The van der Waals surface area contributed by atoms with Crippen molar-refractivity contribution >= 4 is 11.0 Å². The molecule has 2 fully saturated rings. The molecule has 27 heavy (non-hydrogen) atoms. The predicted octanol–water partition coefficient (Wildman–Crippen LogP) is 4.96. The molecule has 0 bridgehead atoms. The summed E-state index contributed by atoms with van der Waals surface area (Å²) in [7, 11) is 0. The van der Waals surface area contributed by atoms with Crippen molar-refractivity contribution in [3.05, 3.63) is 34.7 Å². The van der Waals surface area contributed by atoms with Gasteiger partial charge in [-0.15, -0.1) is 0 Å². The van der Waals surface area contributed by atoms with Gasteiger partial charge in [0.2, 0.25) is 0 Å². The van der Waals surface area contributed by atoms with E-state index in [1.807, 2.05) is 22.8 Å². The van der Waals surface area contributed by atoms with E-state index in [2.05, 4.69) is 29.8 Å². The Hall–Kier alpha value is -1.55. The van der Waals surface area contributed by atoms with Crippen molar-refractivity contribution in [2.75, 3.05) is 19.6 Å². The first-order valence-corrected chi connectivity index (χ1v) is 11.0. The second kappa shape index (κ2) is 7.83. The molecule has 1 atom stereocenters. The SMILES string of the molecule is CC1(C)CN(CC2CCCCCCC2)CCC1n1c(=O)[nH]c2ccccc21. The third-order valence-electron chi connectivity index (χ3n) is 6.93. The van der Waals surface area contributed by atoms with Crippen LogP contribution in [0.2, 0.25) is 0 Å². The number of rotatable bonds is 3. The lowest BCUT2D eigenvalue weighted by molar-refractivity contribution is 0.0487. The van der Waals surface area contributed by atoms with Crippen molar-refractivity contribution in [2.45, 2.75) is 71.3 Å². The highest BCUT2D eigenvalue weighted by Crippen LogP contribution is 2.40. The van der Waals surface area contributed by atoms with Gasteiger partial charge in [0.25, 0.3) is 0 Å². The monoisotopic (exact) mass is 369 g/mol. The number of nitrogens with zero attached hydrogens (tertiary/aromatic N) is 2. The number of piperidine rings is 1. The van der Waals surface area contributed by atoms with E-state index in [1.54, 1.807) is 0 Å². The van der Waals surface area contributed by atoms with Gasteiger partial charge in [0.05, 0.1) is 11.0 Å². The van der Waals surface area contributed by atoms with Crippen LogP contribution in [0.4, 0.5) is 0 Å². The summed E-state index contributed by atoms with van der Waals surface area (Å²) in [6, 6.07) is 8.36. The fraction of sp³-hybridized carbons (Fsp3) is 0.696. The highest BCUT2D eigenvalue weighted by Gasteiger charge is 2.38. The van der Waals surface area contributed by atoms with Gasteiger partial charge >= 0.3 is 5.69 Å². The molecule has 2 heterocycles. The standard InChI is InChI=1S/C23H35N3O/c1-23(2)17-25(16-18-10-6-4-3-5-7-11-18)15-14-21(23)26-20-13-9-8-12-19(20)24-22(26)27/h8-9,12-13,18,21H,3-7,10-11,14-17H2,1-2H3,(H,24,27). The van der Waals surface area contributed by atoms with Crippen LogP contribution in [0.15, 0.2) is 29.1 Å². The number of aromatic nitrogens is 2. The van der Waals surface area contributed by atoms with Crippen LogP contribution < -0.4 is 5.69 Å². The highest BCUT2D eigenvalue weighted by molar-refractivity contribution is 5.75. The predicted molar refractivity (Wildman–Crippen MR) is 112 cm³/mol. The van der Waals surface area contributed by atoms with Gasteiger partial charge < -0.3 is 9.88 Å². The summed E-state index contributed by atoms with van der Waals surface area (Å²) in [6.45, 7) is 8.13. The minimum absolute atomic E-state index is 0.0442. The van der Waals surface area contributed by atoms with Crippen LogP contribution >= 0.6 is 0 Å². The summed E-state index contributed by atoms with van der Waals surface area (Å²) in [5.74, 6) is 0.869. The van der Waals surface area contributed by atoms with E-state index < -0.39 is 0 Å². The molecule has 1 saturated heterocycles. The number of fused-ring (bicyclic) bond motifs is 1. The number of para-hydroxylation sites is 2. The Kier molecular flexibility index (Phi) is 5.45. The Labute approximate surface area is 163 Å². The molecule has 4 nitrogen and oxygen atoms in total. The minimum Gasteiger partial charge on any atom is -0.306 e. The first-order chi connectivity index (χ1) is 13.0. The summed E-state index contributed by atoms with van der Waals surface area (Å²) < 4.78 is 2.03.